The number of nitrogens with zero attached hydrogens (tertiary/aromatic N) is 3. The van der Waals surface area contributed by atoms with Gasteiger partial charge in [0.1, 0.15) is 0 Å². The molecule has 1 aromatic heterocycles. The van der Waals surface area contributed by atoms with Crippen molar-refractivity contribution in [3.63, 3.8) is 0 Å². The van der Waals surface area contributed by atoms with Crippen LogP contribution in [0.5, 0.6) is 0 Å². The van der Waals surface area contributed by atoms with E-state index in [4.69, 9.17) is 5.26 Å². The number of fused-ring (bicyclic) bond motifs is 1. The predicted molar refractivity (Wildman–Crippen MR) is 63.5 cm³/mol. The van der Waals surface area contributed by atoms with Crippen molar-refractivity contribution in [1.82, 2.24) is 4.57 Å². The van der Waals surface area contributed by atoms with Crippen LogP contribution in [-0.2, 0) is 13.5 Å². The molecule has 0 spiro atoms. The molecule has 0 saturated carbocycles. The Bertz CT molecular complexity index is 622. The van der Waals surface area contributed by atoms with Crippen molar-refractivity contribution in [1.29, 1.82) is 5.26 Å². The van der Waals surface area contributed by atoms with E-state index in [1.807, 2.05) is 29.9 Å². The van der Waals surface area contributed by atoms with Crippen LogP contribution in [0.25, 0.3) is 10.9 Å². The van der Waals surface area contributed by atoms with Crippen molar-refractivity contribution >= 4 is 16.6 Å². The largest absolute Gasteiger partial charge is 0.351 e. The van der Waals surface area contributed by atoms with Gasteiger partial charge in [0.15, 0.2) is 0 Å². The van der Waals surface area contributed by atoms with Gasteiger partial charge in [-0.2, -0.15) is 5.26 Å². The van der Waals surface area contributed by atoms with Crippen LogP contribution in [0.4, 0.5) is 5.69 Å². The molecule has 1 heterocycles. The molecule has 17 heavy (non-hydrogen) atoms. The highest BCUT2D eigenvalue weighted by Crippen LogP contribution is 2.29. The Hall–Kier alpha value is -2.35. The summed E-state index contributed by atoms with van der Waals surface area (Å²) >= 11 is 0. The van der Waals surface area contributed by atoms with E-state index in [2.05, 4.69) is 0 Å². The van der Waals surface area contributed by atoms with Crippen molar-refractivity contribution < 1.29 is 4.92 Å². The third-order valence-corrected chi connectivity index (χ3v) is 2.84. The van der Waals surface area contributed by atoms with Gasteiger partial charge < -0.3 is 4.57 Å². The minimum absolute atomic E-state index is 0.0963. The van der Waals surface area contributed by atoms with E-state index in [9.17, 15) is 10.1 Å². The maximum absolute atomic E-state index is 11.0. The molecular weight excluding hydrogens is 218 g/mol. The smallest absolute Gasteiger partial charge is 0.273 e. The zero-order valence-electron chi connectivity index (χ0n) is 9.38. The van der Waals surface area contributed by atoms with Crippen LogP contribution in [0.2, 0.25) is 0 Å². The number of aromatic nitrogens is 1. The molecule has 0 fully saturated rings. The lowest BCUT2D eigenvalue weighted by atomic mass is 10.0. The first-order valence-electron chi connectivity index (χ1n) is 5.23. The summed E-state index contributed by atoms with van der Waals surface area (Å²) in [4.78, 5) is 10.6. The molecule has 0 amide bonds. The molecule has 0 atom stereocenters. The Balaban J connectivity index is 2.67. The fourth-order valence-electron chi connectivity index (χ4n) is 2.02. The Kier molecular flexibility index (Phi) is 2.79. The molecular formula is C12H11N3O2. The highest BCUT2D eigenvalue weighted by molar-refractivity contribution is 5.87. The molecule has 0 bridgehead atoms. The molecule has 0 N–H and O–H groups in total. The fourth-order valence-corrected chi connectivity index (χ4v) is 2.02. The van der Waals surface area contributed by atoms with Gasteiger partial charge in [-0.3, -0.25) is 10.1 Å². The fraction of sp³-hybridized carbons (Fsp3) is 0.250. The van der Waals surface area contributed by atoms with Crippen LogP contribution in [-0.4, -0.2) is 9.49 Å². The zero-order valence-corrected chi connectivity index (χ0v) is 9.38. The van der Waals surface area contributed by atoms with Crippen LogP contribution in [0.3, 0.4) is 0 Å². The lowest BCUT2D eigenvalue weighted by molar-refractivity contribution is -0.385. The maximum atomic E-state index is 11.0. The van der Waals surface area contributed by atoms with E-state index >= 15 is 0 Å². The van der Waals surface area contributed by atoms with Gasteiger partial charge in [0.2, 0.25) is 0 Å². The molecule has 0 aliphatic rings. The molecule has 0 aliphatic carbocycles. The average molecular weight is 229 g/mol. The van der Waals surface area contributed by atoms with Crippen molar-refractivity contribution in [2.45, 2.75) is 12.8 Å². The Morgan fingerprint density at radius 1 is 1.47 bits per heavy atom. The molecule has 2 aromatic rings. The molecule has 0 unspecified atom stereocenters. The SMILES string of the molecule is Cn1ccc2c(CCC#N)c([N+](=O)[O-])ccc21. The number of nitro benzene ring substituents is 1. The topological polar surface area (TPSA) is 71.9 Å². The molecule has 0 radical (unpaired) electrons. The quantitative estimate of drug-likeness (QED) is 0.599. The van der Waals surface area contributed by atoms with Crippen molar-refractivity contribution in [2.24, 2.45) is 7.05 Å². The maximum Gasteiger partial charge on any atom is 0.273 e. The van der Waals surface area contributed by atoms with Gasteiger partial charge >= 0.3 is 0 Å². The summed E-state index contributed by atoms with van der Waals surface area (Å²) in [5.74, 6) is 0. The van der Waals surface area contributed by atoms with E-state index in [0.29, 0.717) is 12.0 Å². The molecule has 1 aromatic carbocycles. The predicted octanol–water partition coefficient (Wildman–Crippen LogP) is 2.54. The van der Waals surface area contributed by atoms with Gasteiger partial charge in [-0.1, -0.05) is 0 Å². The van der Waals surface area contributed by atoms with E-state index < -0.39 is 0 Å². The first-order valence-corrected chi connectivity index (χ1v) is 5.23. The van der Waals surface area contributed by atoms with Gasteiger partial charge in [0.25, 0.3) is 5.69 Å². The molecule has 86 valence electrons. The van der Waals surface area contributed by atoms with Crippen molar-refractivity contribution in [2.75, 3.05) is 0 Å². The van der Waals surface area contributed by atoms with E-state index in [1.54, 1.807) is 6.07 Å². The lowest BCUT2D eigenvalue weighted by Gasteiger charge is -2.03. The Morgan fingerprint density at radius 2 is 2.24 bits per heavy atom. The van der Waals surface area contributed by atoms with Crippen LogP contribution in [0, 0.1) is 21.4 Å². The molecule has 5 nitrogen and oxygen atoms in total. The molecule has 0 saturated heterocycles. The van der Waals surface area contributed by atoms with Crippen LogP contribution in [0.1, 0.15) is 12.0 Å². The standard InChI is InChI=1S/C12H11N3O2/c1-14-8-6-10-9(3-2-7-13)12(15(16)17)5-4-11(10)14/h4-6,8H,2-3H2,1H3. The summed E-state index contributed by atoms with van der Waals surface area (Å²) in [5.41, 5.74) is 1.69. The zero-order chi connectivity index (χ0) is 12.4. The number of hydrogen-bond acceptors (Lipinski definition) is 3. The molecule has 0 aliphatic heterocycles. The van der Waals surface area contributed by atoms with Crippen LogP contribution in [0.15, 0.2) is 24.4 Å². The minimum atomic E-state index is -0.390. The number of nitro groups is 1. The van der Waals surface area contributed by atoms with Crippen LogP contribution < -0.4 is 0 Å². The monoisotopic (exact) mass is 229 g/mol. The summed E-state index contributed by atoms with van der Waals surface area (Å²) in [5, 5.41) is 20.4. The average Bonchev–Trinajstić information content (AvgIpc) is 2.68. The summed E-state index contributed by atoms with van der Waals surface area (Å²) in [6, 6.07) is 7.13. The van der Waals surface area contributed by atoms with Gasteiger partial charge in [-0.25, -0.2) is 0 Å². The number of aryl methyl sites for hydroxylation is 2. The minimum Gasteiger partial charge on any atom is -0.351 e. The van der Waals surface area contributed by atoms with Gasteiger partial charge in [-0.05, 0) is 18.6 Å². The van der Waals surface area contributed by atoms with Gasteiger partial charge in [-0.15, -0.1) is 0 Å². The first kappa shape index (κ1) is 11.1. The highest BCUT2D eigenvalue weighted by atomic mass is 16.6. The highest BCUT2D eigenvalue weighted by Gasteiger charge is 2.17. The molecule has 5 heteroatoms. The van der Waals surface area contributed by atoms with Gasteiger partial charge in [0, 0.05) is 42.2 Å². The van der Waals surface area contributed by atoms with E-state index in [1.165, 1.54) is 6.07 Å². The second-order valence-corrected chi connectivity index (χ2v) is 3.84. The summed E-state index contributed by atoms with van der Waals surface area (Å²) in [7, 11) is 1.89. The molecule has 2 rings (SSSR count). The first-order chi connectivity index (χ1) is 8.15. The van der Waals surface area contributed by atoms with Crippen molar-refractivity contribution in [3.8, 4) is 6.07 Å². The van der Waals surface area contributed by atoms with E-state index in [-0.39, 0.29) is 17.0 Å². The lowest BCUT2D eigenvalue weighted by Crippen LogP contribution is -1.97. The second-order valence-electron chi connectivity index (χ2n) is 3.84. The normalized spacial score (nSPS) is 10.4. The second kappa shape index (κ2) is 4.26. The van der Waals surface area contributed by atoms with Crippen molar-refractivity contribution in [3.05, 3.63) is 40.1 Å². The van der Waals surface area contributed by atoms with E-state index in [0.717, 1.165) is 10.9 Å². The van der Waals surface area contributed by atoms with Crippen LogP contribution >= 0.6 is 0 Å². The summed E-state index contributed by atoms with van der Waals surface area (Å²) < 4.78 is 1.91. The number of hydrogen-bond donors (Lipinski definition) is 0. The number of nitriles is 1. The summed E-state index contributed by atoms with van der Waals surface area (Å²) in [6.07, 6.45) is 2.56. The third-order valence-electron chi connectivity index (χ3n) is 2.84. The Labute approximate surface area is 98.0 Å². The summed E-state index contributed by atoms with van der Waals surface area (Å²) in [6.45, 7) is 0. The number of benzene rings is 1. The number of rotatable bonds is 3. The third kappa shape index (κ3) is 1.85. The van der Waals surface area contributed by atoms with Gasteiger partial charge in [0.05, 0.1) is 11.0 Å². The Morgan fingerprint density at radius 3 is 2.88 bits per heavy atom.